The van der Waals surface area contributed by atoms with Gasteiger partial charge in [-0.25, -0.2) is 4.98 Å². The molecule has 0 aliphatic rings. The third-order valence-electron chi connectivity index (χ3n) is 2.64. The molecule has 0 saturated carbocycles. The zero-order valence-electron chi connectivity index (χ0n) is 9.60. The lowest BCUT2D eigenvalue weighted by Crippen LogP contribution is -2.20. The fraction of sp³-hybridized carbons (Fsp3) is 0.308. The molecule has 2 nitrogen and oxygen atoms in total. The number of rotatable bonds is 3. The van der Waals surface area contributed by atoms with Crippen LogP contribution in [0.5, 0.6) is 0 Å². The second-order valence-corrected chi connectivity index (χ2v) is 5.53. The zero-order valence-corrected chi connectivity index (χ0v) is 10.4. The standard InChI is InChI=1S/C13H16N2S/c1-13(2,12-15-7-8-16-12)9-10-3-5-11(14)6-4-10/h3-8H,9,14H2,1-2H3. The molecule has 2 N–H and O–H groups in total. The minimum atomic E-state index is 0.0876. The van der Waals surface area contributed by atoms with E-state index in [0.717, 1.165) is 12.1 Å². The van der Waals surface area contributed by atoms with Gasteiger partial charge in [0.05, 0.1) is 5.01 Å². The molecule has 0 atom stereocenters. The van der Waals surface area contributed by atoms with Crippen LogP contribution in [0.25, 0.3) is 0 Å². The Kier molecular flexibility index (Phi) is 2.97. The Bertz CT molecular complexity index is 443. The number of nitrogens with two attached hydrogens (primary N) is 1. The highest BCUT2D eigenvalue weighted by Crippen LogP contribution is 2.29. The number of nitrogens with zero attached hydrogens (tertiary/aromatic N) is 1. The molecule has 1 aromatic heterocycles. The minimum absolute atomic E-state index is 0.0876. The number of thiazole rings is 1. The summed E-state index contributed by atoms with van der Waals surface area (Å²) in [7, 11) is 0. The summed E-state index contributed by atoms with van der Waals surface area (Å²) in [6.45, 7) is 4.45. The number of hydrogen-bond donors (Lipinski definition) is 1. The van der Waals surface area contributed by atoms with Crippen LogP contribution in [-0.2, 0) is 11.8 Å². The molecule has 0 aliphatic carbocycles. The fourth-order valence-corrected chi connectivity index (χ4v) is 2.54. The van der Waals surface area contributed by atoms with Crippen LogP contribution in [0.4, 0.5) is 5.69 Å². The van der Waals surface area contributed by atoms with Gasteiger partial charge in [-0.3, -0.25) is 0 Å². The molecule has 0 radical (unpaired) electrons. The van der Waals surface area contributed by atoms with E-state index >= 15 is 0 Å². The molecule has 1 heterocycles. The van der Waals surface area contributed by atoms with Crippen molar-refractivity contribution in [3.8, 4) is 0 Å². The van der Waals surface area contributed by atoms with Crippen molar-refractivity contribution >= 4 is 17.0 Å². The van der Waals surface area contributed by atoms with Crippen molar-refractivity contribution in [1.82, 2.24) is 4.98 Å². The normalized spacial score (nSPS) is 11.6. The Balaban J connectivity index is 2.18. The number of anilines is 1. The maximum atomic E-state index is 5.67. The van der Waals surface area contributed by atoms with Gasteiger partial charge in [0, 0.05) is 22.7 Å². The number of aromatic nitrogens is 1. The Hall–Kier alpha value is -1.35. The molecule has 16 heavy (non-hydrogen) atoms. The van der Waals surface area contributed by atoms with Crippen LogP contribution in [0.1, 0.15) is 24.4 Å². The van der Waals surface area contributed by atoms with Gasteiger partial charge in [-0.05, 0) is 24.1 Å². The predicted octanol–water partition coefficient (Wildman–Crippen LogP) is 3.25. The van der Waals surface area contributed by atoms with Gasteiger partial charge in [-0.15, -0.1) is 11.3 Å². The van der Waals surface area contributed by atoms with Crippen molar-refractivity contribution in [1.29, 1.82) is 0 Å². The Morgan fingerprint density at radius 1 is 1.25 bits per heavy atom. The Morgan fingerprint density at radius 3 is 2.50 bits per heavy atom. The third-order valence-corrected chi connectivity index (χ3v) is 3.78. The van der Waals surface area contributed by atoms with Gasteiger partial charge in [0.1, 0.15) is 0 Å². The summed E-state index contributed by atoms with van der Waals surface area (Å²) in [5.41, 5.74) is 7.88. The van der Waals surface area contributed by atoms with Crippen molar-refractivity contribution in [3.63, 3.8) is 0 Å². The van der Waals surface area contributed by atoms with Gasteiger partial charge in [-0.2, -0.15) is 0 Å². The number of hydrogen-bond acceptors (Lipinski definition) is 3. The average molecular weight is 232 g/mol. The lowest BCUT2D eigenvalue weighted by Gasteiger charge is -2.22. The monoisotopic (exact) mass is 232 g/mol. The van der Waals surface area contributed by atoms with Crippen molar-refractivity contribution in [2.24, 2.45) is 0 Å². The summed E-state index contributed by atoms with van der Waals surface area (Å²) in [5.74, 6) is 0. The molecule has 84 valence electrons. The fourth-order valence-electron chi connectivity index (χ4n) is 1.78. The van der Waals surface area contributed by atoms with Crippen LogP contribution >= 0.6 is 11.3 Å². The first-order valence-electron chi connectivity index (χ1n) is 5.32. The first-order valence-corrected chi connectivity index (χ1v) is 6.20. The van der Waals surface area contributed by atoms with Gasteiger partial charge >= 0.3 is 0 Å². The maximum absolute atomic E-state index is 5.67. The second-order valence-electron chi connectivity index (χ2n) is 4.64. The van der Waals surface area contributed by atoms with Crippen molar-refractivity contribution in [2.75, 3.05) is 5.73 Å². The first-order chi connectivity index (χ1) is 7.58. The number of benzene rings is 1. The van der Waals surface area contributed by atoms with Gasteiger partial charge < -0.3 is 5.73 Å². The molecule has 3 heteroatoms. The molecule has 2 aromatic rings. The van der Waals surface area contributed by atoms with Crippen LogP contribution in [0.3, 0.4) is 0 Å². The molecule has 1 aromatic carbocycles. The van der Waals surface area contributed by atoms with Crippen LogP contribution < -0.4 is 5.73 Å². The first kappa shape index (κ1) is 11.1. The second kappa shape index (κ2) is 4.26. The van der Waals surface area contributed by atoms with Crippen molar-refractivity contribution in [3.05, 3.63) is 46.4 Å². The Morgan fingerprint density at radius 2 is 1.94 bits per heavy atom. The minimum Gasteiger partial charge on any atom is -0.399 e. The topological polar surface area (TPSA) is 38.9 Å². The highest BCUT2D eigenvalue weighted by Gasteiger charge is 2.23. The van der Waals surface area contributed by atoms with E-state index in [0.29, 0.717) is 0 Å². The van der Waals surface area contributed by atoms with E-state index in [2.05, 4.69) is 31.0 Å². The molecule has 0 bridgehead atoms. The summed E-state index contributed by atoms with van der Waals surface area (Å²) in [5, 5.41) is 3.21. The smallest absolute Gasteiger partial charge is 0.0984 e. The van der Waals surface area contributed by atoms with Gasteiger partial charge in [0.15, 0.2) is 0 Å². The molecule has 0 fully saturated rings. The van der Waals surface area contributed by atoms with E-state index in [1.165, 1.54) is 10.6 Å². The van der Waals surface area contributed by atoms with Crippen LogP contribution in [0.15, 0.2) is 35.8 Å². The lowest BCUT2D eigenvalue weighted by atomic mass is 9.86. The van der Waals surface area contributed by atoms with E-state index in [-0.39, 0.29) is 5.41 Å². The Labute approximate surface area is 100 Å². The van der Waals surface area contributed by atoms with Crippen molar-refractivity contribution in [2.45, 2.75) is 25.7 Å². The summed E-state index contributed by atoms with van der Waals surface area (Å²) >= 11 is 1.72. The lowest BCUT2D eigenvalue weighted by molar-refractivity contribution is 0.519. The summed E-state index contributed by atoms with van der Waals surface area (Å²) in [4.78, 5) is 4.40. The maximum Gasteiger partial charge on any atom is 0.0984 e. The molecule has 2 rings (SSSR count). The molecular formula is C13H16N2S. The highest BCUT2D eigenvalue weighted by atomic mass is 32.1. The predicted molar refractivity (Wildman–Crippen MR) is 69.7 cm³/mol. The number of nitrogen functional groups attached to an aromatic ring is 1. The molecule has 0 amide bonds. The average Bonchev–Trinajstić information content (AvgIpc) is 2.75. The van der Waals surface area contributed by atoms with Gasteiger partial charge in [0.2, 0.25) is 0 Å². The van der Waals surface area contributed by atoms with Crippen molar-refractivity contribution < 1.29 is 0 Å². The largest absolute Gasteiger partial charge is 0.399 e. The molecular weight excluding hydrogens is 216 g/mol. The SMILES string of the molecule is CC(C)(Cc1ccc(N)cc1)c1nccs1. The third kappa shape index (κ3) is 2.42. The molecule has 0 unspecified atom stereocenters. The molecule has 0 spiro atoms. The van der Waals surface area contributed by atoms with Gasteiger partial charge in [-0.1, -0.05) is 26.0 Å². The zero-order chi connectivity index (χ0) is 11.6. The van der Waals surface area contributed by atoms with Crippen LogP contribution in [0.2, 0.25) is 0 Å². The summed E-state index contributed by atoms with van der Waals surface area (Å²) in [6.07, 6.45) is 2.85. The van der Waals surface area contributed by atoms with Crippen LogP contribution in [-0.4, -0.2) is 4.98 Å². The van der Waals surface area contributed by atoms with E-state index in [4.69, 9.17) is 5.73 Å². The molecule has 0 saturated heterocycles. The van der Waals surface area contributed by atoms with E-state index < -0.39 is 0 Å². The van der Waals surface area contributed by atoms with Gasteiger partial charge in [0.25, 0.3) is 0 Å². The molecule has 0 aliphatic heterocycles. The summed E-state index contributed by atoms with van der Waals surface area (Å²) < 4.78 is 0. The van der Waals surface area contributed by atoms with E-state index in [1.54, 1.807) is 11.3 Å². The quantitative estimate of drug-likeness (QED) is 0.825. The van der Waals surface area contributed by atoms with E-state index in [1.807, 2.05) is 23.7 Å². The van der Waals surface area contributed by atoms with Crippen LogP contribution in [0, 0.1) is 0 Å². The highest BCUT2D eigenvalue weighted by molar-refractivity contribution is 7.09. The van der Waals surface area contributed by atoms with E-state index in [9.17, 15) is 0 Å². The summed E-state index contributed by atoms with van der Waals surface area (Å²) in [6, 6.07) is 8.08.